The van der Waals surface area contributed by atoms with Gasteiger partial charge >= 0.3 is 11.9 Å². The number of ether oxygens (including phenoxy) is 2. The summed E-state index contributed by atoms with van der Waals surface area (Å²) in [6.45, 7) is 3.40. The Kier molecular flexibility index (Phi) is 9.62. The van der Waals surface area contributed by atoms with Gasteiger partial charge in [0.2, 0.25) is 0 Å². The molecule has 4 heterocycles. The first kappa shape index (κ1) is 36.5. The van der Waals surface area contributed by atoms with Gasteiger partial charge in [-0.2, -0.15) is 0 Å². The van der Waals surface area contributed by atoms with Crippen LogP contribution in [0.5, 0.6) is 0 Å². The molecule has 6 aromatic rings. The summed E-state index contributed by atoms with van der Waals surface area (Å²) in [5.74, 6) is 2.95. The number of benzene rings is 4. The van der Waals surface area contributed by atoms with Crippen molar-refractivity contribution in [3.8, 4) is 36.1 Å². The van der Waals surface area contributed by atoms with Gasteiger partial charge in [0.05, 0.1) is 59.5 Å². The Bertz CT molecular complexity index is 2580. The van der Waals surface area contributed by atoms with Gasteiger partial charge in [-0.3, -0.25) is 19.1 Å². The highest BCUT2D eigenvalue weighted by Gasteiger charge is 2.32. The quantitative estimate of drug-likeness (QED) is 0.0902. The van der Waals surface area contributed by atoms with Crippen molar-refractivity contribution in [1.29, 1.82) is 0 Å². The summed E-state index contributed by atoms with van der Waals surface area (Å²) >= 11 is 0. The molecule has 2 aliphatic heterocycles. The normalized spacial score (nSPS) is 15.2. The van der Waals surface area contributed by atoms with Crippen molar-refractivity contribution < 1.29 is 27.8 Å². The molecule has 0 aliphatic carbocycles. The van der Waals surface area contributed by atoms with Crippen LogP contribution in [0.3, 0.4) is 0 Å². The predicted octanol–water partition coefficient (Wildman–Crippen LogP) is 7.53. The van der Waals surface area contributed by atoms with Crippen LogP contribution in [-0.2, 0) is 9.47 Å². The van der Waals surface area contributed by atoms with E-state index in [9.17, 15) is 9.59 Å². The zero-order valence-electron chi connectivity index (χ0n) is 30.7. The number of halogens is 2. The number of terminal acetylenes is 2. The van der Waals surface area contributed by atoms with E-state index in [1.54, 1.807) is 95.8 Å². The van der Waals surface area contributed by atoms with Crippen LogP contribution < -0.4 is 0 Å². The number of fused-ring (bicyclic) bond motifs is 6. The van der Waals surface area contributed by atoms with E-state index in [4.69, 9.17) is 32.3 Å². The van der Waals surface area contributed by atoms with Crippen LogP contribution in [0.15, 0.2) is 108 Å². The molecule has 8 rings (SSSR count). The second-order valence-corrected chi connectivity index (χ2v) is 13.3. The summed E-state index contributed by atoms with van der Waals surface area (Å²) in [7, 11) is 0. The maximum absolute atomic E-state index is 15.1. The molecule has 2 aliphatic rings. The number of rotatable bonds is 8. The second-order valence-electron chi connectivity index (χ2n) is 13.3. The highest BCUT2D eigenvalue weighted by Crippen LogP contribution is 2.35. The molecule has 0 fully saturated rings. The van der Waals surface area contributed by atoms with E-state index < -0.39 is 35.7 Å². The molecule has 280 valence electrons. The first-order valence-electron chi connectivity index (χ1n) is 18.1. The molecular formula is C45H32F2N6O4. The molecule has 0 spiro atoms. The minimum Gasteiger partial charge on any atom is -0.461 e. The monoisotopic (exact) mass is 758 g/mol. The third-order valence-corrected chi connectivity index (χ3v) is 9.80. The van der Waals surface area contributed by atoms with Gasteiger partial charge in [0.15, 0.2) is 11.4 Å². The Morgan fingerprint density at radius 3 is 1.47 bits per heavy atom. The van der Waals surface area contributed by atoms with Gasteiger partial charge in [-0.25, -0.2) is 28.3 Å². The summed E-state index contributed by atoms with van der Waals surface area (Å²) in [6, 6.07) is 22.0. The Labute approximate surface area is 326 Å². The fourth-order valence-electron chi connectivity index (χ4n) is 7.17. The summed E-state index contributed by atoms with van der Waals surface area (Å²) in [5, 5.41) is 0. The average Bonchev–Trinajstić information content (AvgIpc) is 3.83. The average molecular weight is 759 g/mol. The number of carbonyl (C=O) groups excluding carboxylic acids is 2. The van der Waals surface area contributed by atoms with E-state index in [-0.39, 0.29) is 31.0 Å². The number of carbonyl (C=O) groups is 2. The molecule has 2 aromatic heterocycles. The molecule has 0 radical (unpaired) electrons. The van der Waals surface area contributed by atoms with Crippen LogP contribution in [0.1, 0.15) is 98.1 Å². The number of aliphatic imine (C=N–C) groups is 2. The second kappa shape index (κ2) is 15.0. The van der Waals surface area contributed by atoms with Crippen molar-refractivity contribution >= 4 is 23.4 Å². The molecule has 10 nitrogen and oxygen atoms in total. The van der Waals surface area contributed by atoms with Gasteiger partial charge in [-0.15, -0.1) is 12.8 Å². The lowest BCUT2D eigenvalue weighted by atomic mass is 9.98. The van der Waals surface area contributed by atoms with Crippen LogP contribution in [0.25, 0.3) is 11.4 Å². The molecule has 4 aromatic carbocycles. The zero-order valence-corrected chi connectivity index (χ0v) is 30.7. The van der Waals surface area contributed by atoms with Gasteiger partial charge in [0.25, 0.3) is 0 Å². The Morgan fingerprint density at radius 2 is 1.07 bits per heavy atom. The molecule has 0 amide bonds. The lowest BCUT2D eigenvalue weighted by Crippen LogP contribution is -2.15. The molecule has 2 atom stereocenters. The number of hydrogen-bond acceptors (Lipinski definition) is 8. The van der Waals surface area contributed by atoms with Crippen LogP contribution in [0, 0.1) is 36.3 Å². The maximum Gasteiger partial charge on any atom is 0.358 e. The molecule has 0 unspecified atom stereocenters. The molecule has 0 saturated carbocycles. The van der Waals surface area contributed by atoms with Crippen LogP contribution in [0.4, 0.5) is 8.78 Å². The van der Waals surface area contributed by atoms with E-state index in [0.717, 1.165) is 0 Å². The molecule has 0 N–H and O–H groups in total. The van der Waals surface area contributed by atoms with Crippen LogP contribution >= 0.6 is 0 Å². The van der Waals surface area contributed by atoms with E-state index >= 15 is 8.78 Å². The lowest BCUT2D eigenvalue weighted by molar-refractivity contribution is 0.0387. The largest absolute Gasteiger partial charge is 0.461 e. The van der Waals surface area contributed by atoms with Gasteiger partial charge < -0.3 is 9.47 Å². The number of aromatic nitrogens is 4. The van der Waals surface area contributed by atoms with Crippen molar-refractivity contribution in [2.24, 2.45) is 9.98 Å². The van der Waals surface area contributed by atoms with Crippen molar-refractivity contribution in [3.05, 3.63) is 165 Å². The Morgan fingerprint density at radius 1 is 0.649 bits per heavy atom. The van der Waals surface area contributed by atoms with Crippen molar-refractivity contribution in [3.63, 3.8) is 0 Å². The predicted molar refractivity (Wildman–Crippen MR) is 209 cm³/mol. The maximum atomic E-state index is 15.1. The fourth-order valence-corrected chi connectivity index (χ4v) is 7.17. The molecule has 12 heteroatoms. The van der Waals surface area contributed by atoms with Crippen molar-refractivity contribution in [2.45, 2.75) is 32.4 Å². The highest BCUT2D eigenvalue weighted by atomic mass is 19.1. The number of imidazole rings is 2. The minimum absolute atomic E-state index is 0.0460. The van der Waals surface area contributed by atoms with Crippen molar-refractivity contribution in [1.82, 2.24) is 19.1 Å². The number of hydrogen-bond donors (Lipinski definition) is 0. The molecular weight excluding hydrogens is 727 g/mol. The first-order valence-corrected chi connectivity index (χ1v) is 18.1. The van der Waals surface area contributed by atoms with Gasteiger partial charge in [-0.05, 0) is 74.5 Å². The lowest BCUT2D eigenvalue weighted by Gasteiger charge is -2.13. The third-order valence-electron chi connectivity index (χ3n) is 9.80. The number of esters is 2. The van der Waals surface area contributed by atoms with Gasteiger partial charge in [0.1, 0.15) is 24.3 Å². The zero-order chi connectivity index (χ0) is 39.8. The van der Waals surface area contributed by atoms with Crippen LogP contribution in [0.2, 0.25) is 0 Å². The van der Waals surface area contributed by atoms with Gasteiger partial charge in [-0.1, -0.05) is 36.1 Å². The summed E-state index contributed by atoms with van der Waals surface area (Å²) in [6.07, 6.45) is 14.6. The summed E-state index contributed by atoms with van der Waals surface area (Å²) < 4.78 is 44.9. The van der Waals surface area contributed by atoms with E-state index in [1.807, 2.05) is 0 Å². The summed E-state index contributed by atoms with van der Waals surface area (Å²) in [4.78, 5) is 45.4. The summed E-state index contributed by atoms with van der Waals surface area (Å²) in [5.41, 5.74) is 5.95. The van der Waals surface area contributed by atoms with E-state index in [2.05, 4.69) is 21.8 Å². The molecule has 0 saturated heterocycles. The first-order chi connectivity index (χ1) is 27.7. The standard InChI is InChI=1S/C45H32F2N6O4/c1-5-28-16-18-36-32(22-28)38(30-12-7-9-14-34(30)46)50-26(3)42-40(48-24-52(36)42)44(54)56-20-11-21-57-45(55)41-43-27(4)51-39(31-13-8-10-15-35(31)47)33-23-29(6-2)17-19-37(33)53(43)25-49-41/h1-2,7-10,12-19,22-27H,11,20-21H2,3-4H3/t26-,27-/m0/s1. The molecule has 57 heavy (non-hydrogen) atoms. The Hall–Kier alpha value is -7.44. The SMILES string of the molecule is C#Cc1ccc2c(c1)C(c1ccccc1F)=N[C@@H](C)c1c(C(=O)OCCCOC(=O)c3ncn4c3[C@H](C)N=C(c3ccccc3F)c3cc(C#C)ccc3-4)ncn1-2. The third kappa shape index (κ3) is 6.57. The minimum atomic E-state index is -0.698. The smallest absolute Gasteiger partial charge is 0.358 e. The van der Waals surface area contributed by atoms with E-state index in [0.29, 0.717) is 67.6 Å². The van der Waals surface area contributed by atoms with Crippen molar-refractivity contribution in [2.75, 3.05) is 13.2 Å². The van der Waals surface area contributed by atoms with Gasteiger partial charge in [0, 0.05) is 39.8 Å². The topological polar surface area (TPSA) is 113 Å². The van der Waals surface area contributed by atoms with Crippen LogP contribution in [-0.4, -0.2) is 55.7 Å². The van der Waals surface area contributed by atoms with E-state index in [1.165, 1.54) is 24.8 Å². The highest BCUT2D eigenvalue weighted by molar-refractivity contribution is 6.16. The number of nitrogens with zero attached hydrogens (tertiary/aromatic N) is 6. The molecule has 0 bridgehead atoms. The fraction of sp³-hybridized carbons (Fsp3) is 0.156. The Balaban J connectivity index is 0.980.